The third-order valence-electron chi connectivity index (χ3n) is 2.52. The maximum Gasteiger partial charge on any atom is 0.242 e. The van der Waals surface area contributed by atoms with E-state index in [1.165, 1.54) is 0 Å². The summed E-state index contributed by atoms with van der Waals surface area (Å²) in [5.41, 5.74) is 1.79. The molecule has 0 aliphatic carbocycles. The fourth-order valence-electron chi connectivity index (χ4n) is 1.43. The molecule has 1 rings (SSSR count). The normalized spacial score (nSPS) is 11.6. The number of thiocarbonyl (C=S) groups is 1. The van der Waals surface area contributed by atoms with Crippen LogP contribution in [0, 0.1) is 6.92 Å². The summed E-state index contributed by atoms with van der Waals surface area (Å²) in [6, 6.07) is 5.19. The van der Waals surface area contributed by atoms with Gasteiger partial charge in [-0.15, -0.1) is 0 Å². The molecule has 3 N–H and O–H groups in total. The van der Waals surface area contributed by atoms with Crippen LogP contribution in [-0.2, 0) is 4.79 Å². The minimum Gasteiger partial charge on any atom is -0.355 e. The fraction of sp³-hybridized carbons (Fsp3) is 0.385. The number of rotatable bonds is 4. The molecular formula is C13H18ClN3OS. The molecule has 1 aromatic carbocycles. The van der Waals surface area contributed by atoms with E-state index in [0.29, 0.717) is 16.7 Å². The van der Waals surface area contributed by atoms with Gasteiger partial charge in [0.25, 0.3) is 0 Å². The Kier molecular flexibility index (Phi) is 6.05. The predicted molar refractivity (Wildman–Crippen MR) is 83.7 cm³/mol. The Morgan fingerprint density at radius 3 is 2.74 bits per heavy atom. The van der Waals surface area contributed by atoms with Crippen LogP contribution in [0.15, 0.2) is 18.2 Å². The van der Waals surface area contributed by atoms with Crippen molar-refractivity contribution in [2.24, 2.45) is 0 Å². The second-order valence-electron chi connectivity index (χ2n) is 4.18. The topological polar surface area (TPSA) is 53.2 Å². The highest BCUT2D eigenvalue weighted by molar-refractivity contribution is 7.80. The lowest BCUT2D eigenvalue weighted by Gasteiger charge is -2.16. The minimum atomic E-state index is -0.388. The first kappa shape index (κ1) is 15.7. The molecule has 1 aromatic rings. The zero-order valence-corrected chi connectivity index (χ0v) is 12.8. The van der Waals surface area contributed by atoms with Crippen LogP contribution in [0.2, 0.25) is 5.02 Å². The smallest absolute Gasteiger partial charge is 0.242 e. The number of halogens is 1. The van der Waals surface area contributed by atoms with Crippen LogP contribution < -0.4 is 16.0 Å². The maximum absolute atomic E-state index is 11.5. The molecular weight excluding hydrogens is 282 g/mol. The highest BCUT2D eigenvalue weighted by atomic mass is 35.5. The monoisotopic (exact) mass is 299 g/mol. The van der Waals surface area contributed by atoms with Crippen molar-refractivity contribution in [1.82, 2.24) is 10.6 Å². The fourth-order valence-corrected chi connectivity index (χ4v) is 1.90. The second kappa shape index (κ2) is 7.31. The second-order valence-corrected chi connectivity index (χ2v) is 4.99. The Bertz CT molecular complexity index is 479. The number of anilines is 1. The zero-order valence-electron chi connectivity index (χ0n) is 11.2. The van der Waals surface area contributed by atoms with Gasteiger partial charge >= 0.3 is 0 Å². The van der Waals surface area contributed by atoms with Crippen molar-refractivity contribution in [2.45, 2.75) is 26.8 Å². The lowest BCUT2D eigenvalue weighted by molar-refractivity contribution is -0.122. The van der Waals surface area contributed by atoms with Gasteiger partial charge in [0.05, 0.1) is 0 Å². The van der Waals surface area contributed by atoms with E-state index in [2.05, 4.69) is 16.0 Å². The van der Waals surface area contributed by atoms with Gasteiger partial charge in [0.1, 0.15) is 6.04 Å². The Hall–Kier alpha value is -1.33. The third kappa shape index (κ3) is 5.04. The number of hydrogen-bond donors (Lipinski definition) is 3. The number of aryl methyl sites for hydroxylation is 1. The number of likely N-dealkylation sites (N-methyl/N-ethyl adjacent to an activating group) is 1. The third-order valence-corrected chi connectivity index (χ3v) is 3.15. The van der Waals surface area contributed by atoms with Crippen molar-refractivity contribution in [3.63, 3.8) is 0 Å². The van der Waals surface area contributed by atoms with E-state index in [9.17, 15) is 4.79 Å². The molecule has 4 nitrogen and oxygen atoms in total. The first-order valence-corrected chi connectivity index (χ1v) is 6.84. The van der Waals surface area contributed by atoms with Gasteiger partial charge in [-0.2, -0.15) is 0 Å². The minimum absolute atomic E-state index is 0.0893. The molecule has 0 aromatic heterocycles. The van der Waals surface area contributed by atoms with Crippen molar-refractivity contribution in [2.75, 3.05) is 11.9 Å². The van der Waals surface area contributed by atoms with E-state index in [0.717, 1.165) is 11.3 Å². The van der Waals surface area contributed by atoms with Gasteiger partial charge in [0, 0.05) is 17.3 Å². The molecule has 0 unspecified atom stereocenters. The van der Waals surface area contributed by atoms with Gasteiger partial charge in [-0.3, -0.25) is 4.79 Å². The largest absolute Gasteiger partial charge is 0.355 e. The summed E-state index contributed by atoms with van der Waals surface area (Å²) in [4.78, 5) is 11.5. The molecule has 0 radical (unpaired) electrons. The van der Waals surface area contributed by atoms with Crippen molar-refractivity contribution in [3.05, 3.63) is 28.8 Å². The molecule has 0 spiro atoms. The number of nitrogens with one attached hydrogen (secondary N) is 3. The van der Waals surface area contributed by atoms with Gasteiger partial charge in [0.15, 0.2) is 5.11 Å². The van der Waals surface area contributed by atoms with E-state index in [4.69, 9.17) is 23.8 Å². The molecule has 1 atom stereocenters. The molecule has 19 heavy (non-hydrogen) atoms. The van der Waals surface area contributed by atoms with Crippen molar-refractivity contribution >= 4 is 40.5 Å². The molecule has 0 saturated heterocycles. The predicted octanol–water partition coefficient (Wildman–Crippen LogP) is 2.46. The van der Waals surface area contributed by atoms with E-state index < -0.39 is 0 Å². The summed E-state index contributed by atoms with van der Waals surface area (Å²) in [5.74, 6) is -0.0893. The lowest BCUT2D eigenvalue weighted by atomic mass is 10.2. The number of hydrogen-bond acceptors (Lipinski definition) is 2. The van der Waals surface area contributed by atoms with Crippen LogP contribution in [-0.4, -0.2) is 23.6 Å². The summed E-state index contributed by atoms with van der Waals surface area (Å²) >= 11 is 11.2. The van der Waals surface area contributed by atoms with Crippen molar-refractivity contribution in [1.29, 1.82) is 0 Å². The van der Waals surface area contributed by atoms with Gasteiger partial charge in [0.2, 0.25) is 5.91 Å². The summed E-state index contributed by atoms with van der Waals surface area (Å²) in [7, 11) is 0. The number of carbonyl (C=O) groups is 1. The summed E-state index contributed by atoms with van der Waals surface area (Å²) in [5, 5.41) is 9.69. The van der Waals surface area contributed by atoms with E-state index in [1.807, 2.05) is 26.0 Å². The van der Waals surface area contributed by atoms with Crippen LogP contribution in [0.5, 0.6) is 0 Å². The zero-order chi connectivity index (χ0) is 14.4. The Balaban J connectivity index is 2.55. The summed E-state index contributed by atoms with van der Waals surface area (Å²) in [6.07, 6.45) is 0. The SMILES string of the molecule is CCNC(=O)[C@H](C)NC(=S)Nc1ccc(C)c(Cl)c1. The van der Waals surface area contributed by atoms with Crippen LogP contribution in [0.1, 0.15) is 19.4 Å². The molecule has 0 aliphatic heterocycles. The molecule has 104 valence electrons. The molecule has 0 fully saturated rings. The Morgan fingerprint density at radius 2 is 2.16 bits per heavy atom. The standard InChI is InChI=1S/C13H18ClN3OS/c1-4-15-12(18)9(3)16-13(19)17-10-6-5-8(2)11(14)7-10/h5-7,9H,4H2,1-3H3,(H,15,18)(H2,16,17,19)/t9-/m0/s1. The van der Waals surface area contributed by atoms with Crippen LogP contribution >= 0.6 is 23.8 Å². The first-order valence-electron chi connectivity index (χ1n) is 6.05. The highest BCUT2D eigenvalue weighted by Gasteiger charge is 2.12. The van der Waals surface area contributed by atoms with E-state index >= 15 is 0 Å². The summed E-state index contributed by atoms with van der Waals surface area (Å²) < 4.78 is 0. The molecule has 0 bridgehead atoms. The van der Waals surface area contributed by atoms with Crippen LogP contribution in [0.25, 0.3) is 0 Å². The molecule has 0 heterocycles. The molecule has 1 amide bonds. The van der Waals surface area contributed by atoms with Gasteiger partial charge < -0.3 is 16.0 Å². The Morgan fingerprint density at radius 1 is 1.47 bits per heavy atom. The van der Waals surface area contributed by atoms with E-state index in [1.54, 1.807) is 13.0 Å². The number of benzene rings is 1. The van der Waals surface area contributed by atoms with Gasteiger partial charge in [-0.05, 0) is 50.7 Å². The van der Waals surface area contributed by atoms with Crippen LogP contribution in [0.3, 0.4) is 0 Å². The average molecular weight is 300 g/mol. The number of carbonyl (C=O) groups excluding carboxylic acids is 1. The van der Waals surface area contributed by atoms with Gasteiger partial charge in [-0.1, -0.05) is 17.7 Å². The van der Waals surface area contributed by atoms with Gasteiger partial charge in [-0.25, -0.2) is 0 Å². The lowest BCUT2D eigenvalue weighted by Crippen LogP contribution is -2.46. The van der Waals surface area contributed by atoms with Crippen LogP contribution in [0.4, 0.5) is 5.69 Å². The molecule has 0 saturated carbocycles. The molecule has 6 heteroatoms. The van der Waals surface area contributed by atoms with Crippen molar-refractivity contribution < 1.29 is 4.79 Å². The Labute approximate surface area is 123 Å². The highest BCUT2D eigenvalue weighted by Crippen LogP contribution is 2.19. The number of amides is 1. The summed E-state index contributed by atoms with van der Waals surface area (Å²) in [6.45, 7) is 6.15. The average Bonchev–Trinajstić information content (AvgIpc) is 2.34. The van der Waals surface area contributed by atoms with E-state index in [-0.39, 0.29) is 11.9 Å². The maximum atomic E-state index is 11.5. The van der Waals surface area contributed by atoms with Crippen molar-refractivity contribution in [3.8, 4) is 0 Å². The quantitative estimate of drug-likeness (QED) is 0.748. The molecule has 0 aliphatic rings. The first-order chi connectivity index (χ1) is 8.93.